The van der Waals surface area contributed by atoms with Crippen LogP contribution in [0.4, 0.5) is 4.39 Å². The van der Waals surface area contributed by atoms with Gasteiger partial charge in [-0.15, -0.1) is 0 Å². The first-order valence-corrected chi connectivity index (χ1v) is 5.28. The van der Waals surface area contributed by atoms with E-state index in [2.05, 4.69) is 5.32 Å². The van der Waals surface area contributed by atoms with Crippen LogP contribution in [-0.4, -0.2) is 25.7 Å². The van der Waals surface area contributed by atoms with Gasteiger partial charge < -0.3 is 10.1 Å². The third-order valence-corrected chi connectivity index (χ3v) is 2.17. The Kier molecular flexibility index (Phi) is 4.92. The average molecular weight is 225 g/mol. The van der Waals surface area contributed by atoms with Gasteiger partial charge in [0.05, 0.1) is 12.2 Å². The zero-order valence-electron chi connectivity index (χ0n) is 9.55. The first-order chi connectivity index (χ1) is 7.66. The fourth-order valence-electron chi connectivity index (χ4n) is 1.30. The van der Waals surface area contributed by atoms with Crippen LogP contribution in [0.3, 0.4) is 0 Å². The third-order valence-electron chi connectivity index (χ3n) is 2.17. The van der Waals surface area contributed by atoms with E-state index in [0.29, 0.717) is 25.3 Å². The number of hydrogen-bond acceptors (Lipinski definition) is 2. The standard InChI is InChI=1S/C12H16FNO2/c1-3-16-8-7-14-12(15)10-6-4-5-9(2)11(10)13/h4-6H,3,7-8H2,1-2H3,(H,14,15). The minimum absolute atomic E-state index is 0.0801. The predicted molar refractivity (Wildman–Crippen MR) is 60.0 cm³/mol. The maximum atomic E-state index is 13.5. The van der Waals surface area contributed by atoms with Crippen molar-refractivity contribution in [3.05, 3.63) is 35.1 Å². The van der Waals surface area contributed by atoms with Crippen LogP contribution >= 0.6 is 0 Å². The molecule has 0 atom stereocenters. The summed E-state index contributed by atoms with van der Waals surface area (Å²) in [6.45, 7) is 4.94. The molecular formula is C12H16FNO2. The molecule has 0 saturated heterocycles. The molecule has 3 nitrogen and oxygen atoms in total. The summed E-state index contributed by atoms with van der Waals surface area (Å²) in [5.74, 6) is -0.864. The summed E-state index contributed by atoms with van der Waals surface area (Å²) in [6, 6.07) is 4.76. The van der Waals surface area contributed by atoms with Crippen molar-refractivity contribution < 1.29 is 13.9 Å². The first-order valence-electron chi connectivity index (χ1n) is 5.28. The molecule has 0 aromatic heterocycles. The minimum atomic E-state index is -0.462. The van der Waals surface area contributed by atoms with Crippen molar-refractivity contribution in [1.82, 2.24) is 5.32 Å². The second kappa shape index (κ2) is 6.23. The SMILES string of the molecule is CCOCCNC(=O)c1cccc(C)c1F. The topological polar surface area (TPSA) is 38.3 Å². The normalized spacial score (nSPS) is 10.2. The van der Waals surface area contributed by atoms with Crippen molar-refractivity contribution in [3.63, 3.8) is 0 Å². The number of nitrogens with one attached hydrogen (secondary N) is 1. The van der Waals surface area contributed by atoms with Gasteiger partial charge in [-0.05, 0) is 25.5 Å². The molecule has 1 rings (SSSR count). The van der Waals surface area contributed by atoms with Crippen molar-refractivity contribution in [2.75, 3.05) is 19.8 Å². The molecule has 0 unspecified atom stereocenters. The van der Waals surface area contributed by atoms with Crippen LogP contribution in [0, 0.1) is 12.7 Å². The summed E-state index contributed by atoms with van der Waals surface area (Å²) >= 11 is 0. The van der Waals surface area contributed by atoms with E-state index >= 15 is 0 Å². The number of carbonyl (C=O) groups excluding carboxylic acids is 1. The van der Waals surface area contributed by atoms with E-state index in [0.717, 1.165) is 0 Å². The predicted octanol–water partition coefficient (Wildman–Crippen LogP) is 1.90. The Morgan fingerprint density at radius 1 is 1.50 bits per heavy atom. The van der Waals surface area contributed by atoms with Crippen molar-refractivity contribution in [1.29, 1.82) is 0 Å². The maximum Gasteiger partial charge on any atom is 0.254 e. The summed E-state index contributed by atoms with van der Waals surface area (Å²) in [4.78, 5) is 11.6. The van der Waals surface area contributed by atoms with E-state index in [1.54, 1.807) is 19.1 Å². The number of rotatable bonds is 5. The lowest BCUT2D eigenvalue weighted by atomic mass is 10.1. The number of carbonyl (C=O) groups is 1. The van der Waals surface area contributed by atoms with E-state index in [1.165, 1.54) is 6.07 Å². The van der Waals surface area contributed by atoms with Gasteiger partial charge in [0.25, 0.3) is 5.91 Å². The smallest absolute Gasteiger partial charge is 0.254 e. The van der Waals surface area contributed by atoms with Crippen molar-refractivity contribution >= 4 is 5.91 Å². The maximum absolute atomic E-state index is 13.5. The fourth-order valence-corrected chi connectivity index (χ4v) is 1.30. The van der Waals surface area contributed by atoms with Crippen LogP contribution < -0.4 is 5.32 Å². The zero-order chi connectivity index (χ0) is 12.0. The number of halogens is 1. The van der Waals surface area contributed by atoms with Crippen molar-refractivity contribution in [2.24, 2.45) is 0 Å². The second-order valence-electron chi connectivity index (χ2n) is 3.39. The highest BCUT2D eigenvalue weighted by molar-refractivity contribution is 5.94. The molecule has 1 N–H and O–H groups in total. The van der Waals surface area contributed by atoms with Gasteiger partial charge in [0.2, 0.25) is 0 Å². The van der Waals surface area contributed by atoms with Gasteiger partial charge in [-0.25, -0.2) is 4.39 Å². The minimum Gasteiger partial charge on any atom is -0.380 e. The molecule has 0 saturated carbocycles. The molecule has 0 aliphatic rings. The largest absolute Gasteiger partial charge is 0.380 e. The Bertz CT molecular complexity index is 366. The van der Waals surface area contributed by atoms with Gasteiger partial charge in [0.15, 0.2) is 0 Å². The number of ether oxygens (including phenoxy) is 1. The highest BCUT2D eigenvalue weighted by Crippen LogP contribution is 2.11. The lowest BCUT2D eigenvalue weighted by molar-refractivity contribution is 0.0918. The molecule has 1 amide bonds. The van der Waals surface area contributed by atoms with Crippen LogP contribution in [-0.2, 0) is 4.74 Å². The zero-order valence-corrected chi connectivity index (χ0v) is 9.55. The molecule has 0 bridgehead atoms. The van der Waals surface area contributed by atoms with Crippen LogP contribution in [0.25, 0.3) is 0 Å². The highest BCUT2D eigenvalue weighted by atomic mass is 19.1. The van der Waals surface area contributed by atoms with Gasteiger partial charge in [-0.1, -0.05) is 12.1 Å². The molecule has 16 heavy (non-hydrogen) atoms. The Labute approximate surface area is 94.6 Å². The molecule has 4 heteroatoms. The summed E-state index contributed by atoms with van der Waals surface area (Å²) < 4.78 is 18.6. The number of hydrogen-bond donors (Lipinski definition) is 1. The summed E-state index contributed by atoms with van der Waals surface area (Å²) in [5.41, 5.74) is 0.550. The van der Waals surface area contributed by atoms with E-state index < -0.39 is 11.7 Å². The molecule has 0 aliphatic heterocycles. The van der Waals surface area contributed by atoms with E-state index in [9.17, 15) is 9.18 Å². The number of amides is 1. The lowest BCUT2D eigenvalue weighted by Crippen LogP contribution is -2.28. The Morgan fingerprint density at radius 2 is 2.25 bits per heavy atom. The summed E-state index contributed by atoms with van der Waals surface area (Å²) in [5, 5.41) is 2.60. The van der Waals surface area contributed by atoms with E-state index in [4.69, 9.17) is 4.74 Å². The lowest BCUT2D eigenvalue weighted by Gasteiger charge is -2.07. The van der Waals surface area contributed by atoms with Gasteiger partial charge in [0.1, 0.15) is 5.82 Å². The van der Waals surface area contributed by atoms with Gasteiger partial charge >= 0.3 is 0 Å². The number of benzene rings is 1. The molecule has 0 aliphatic carbocycles. The molecule has 0 spiro atoms. The van der Waals surface area contributed by atoms with Crippen LogP contribution in [0.1, 0.15) is 22.8 Å². The Morgan fingerprint density at radius 3 is 2.94 bits per heavy atom. The van der Waals surface area contributed by atoms with Crippen LogP contribution in [0.2, 0.25) is 0 Å². The molecule has 0 heterocycles. The Hall–Kier alpha value is -1.42. The average Bonchev–Trinajstić information content (AvgIpc) is 2.28. The Balaban J connectivity index is 2.56. The van der Waals surface area contributed by atoms with Crippen LogP contribution in [0.15, 0.2) is 18.2 Å². The molecule has 0 fully saturated rings. The van der Waals surface area contributed by atoms with Crippen molar-refractivity contribution in [2.45, 2.75) is 13.8 Å². The summed E-state index contributed by atoms with van der Waals surface area (Å²) in [6.07, 6.45) is 0. The van der Waals surface area contributed by atoms with Gasteiger partial charge in [-0.2, -0.15) is 0 Å². The molecule has 1 aromatic rings. The van der Waals surface area contributed by atoms with Crippen LogP contribution in [0.5, 0.6) is 0 Å². The van der Waals surface area contributed by atoms with E-state index in [-0.39, 0.29) is 5.56 Å². The monoisotopic (exact) mass is 225 g/mol. The molecular weight excluding hydrogens is 209 g/mol. The number of aryl methyl sites for hydroxylation is 1. The molecule has 88 valence electrons. The second-order valence-corrected chi connectivity index (χ2v) is 3.39. The van der Waals surface area contributed by atoms with Gasteiger partial charge in [0, 0.05) is 13.2 Å². The highest BCUT2D eigenvalue weighted by Gasteiger charge is 2.11. The fraction of sp³-hybridized carbons (Fsp3) is 0.417. The van der Waals surface area contributed by atoms with E-state index in [1.807, 2.05) is 6.92 Å². The van der Waals surface area contributed by atoms with Gasteiger partial charge in [-0.3, -0.25) is 4.79 Å². The third kappa shape index (κ3) is 3.31. The van der Waals surface area contributed by atoms with Crippen molar-refractivity contribution in [3.8, 4) is 0 Å². The molecule has 1 aromatic carbocycles. The first kappa shape index (κ1) is 12.6. The molecule has 0 radical (unpaired) electrons. The quantitative estimate of drug-likeness (QED) is 0.777. The summed E-state index contributed by atoms with van der Waals surface area (Å²) in [7, 11) is 0.